The van der Waals surface area contributed by atoms with Crippen molar-refractivity contribution in [2.75, 3.05) is 0 Å². The van der Waals surface area contributed by atoms with Crippen molar-refractivity contribution in [3.05, 3.63) is 56.2 Å². The summed E-state index contributed by atoms with van der Waals surface area (Å²) in [6.45, 7) is 20.6. The molecule has 13 saturated carbocycles. The number of imidazole rings is 3. The van der Waals surface area contributed by atoms with Crippen LogP contribution in [0.15, 0.2) is 56.2 Å². The summed E-state index contributed by atoms with van der Waals surface area (Å²) in [5.41, 5.74) is -2.96. The third-order valence-electron chi connectivity index (χ3n) is 29.7. The molecule has 3 heterocycles. The van der Waals surface area contributed by atoms with E-state index in [4.69, 9.17) is 11.6 Å². The SMILES string of the molecule is CC.CC.CC.C[C@]12CCC3C(CC[C@@H]4C[C@@](O)(C#CC5CC5)CC[C@H]34)C1CC[C@@H]2C(=O)Cn1ccnc1.C[C@]12CCC3C(CC[C@@H]4C[C@@](O)(C#CCl)CC[C@H]34)C1CC[C@@H]2C(=O)Cn1ccnc1.C[C@]12CCC3C(CC[C@@H]4C[C@@](O)(C(F)F)CC[C@H]34)C1CC[C@@H]2C(=O)Cn1ccnc1. The monoisotopic (exact) mass is 1370 g/mol. The molecule has 12 nitrogen and oxygen atoms in total. The van der Waals surface area contributed by atoms with Gasteiger partial charge in [0.15, 0.2) is 17.3 Å². The van der Waals surface area contributed by atoms with E-state index in [0.717, 1.165) is 126 Å². The maximum absolute atomic E-state index is 13.4. The van der Waals surface area contributed by atoms with E-state index in [1.54, 1.807) is 37.6 Å². The summed E-state index contributed by atoms with van der Waals surface area (Å²) in [5.74, 6) is 21.4. The molecule has 0 amide bonds. The van der Waals surface area contributed by atoms with Crippen LogP contribution < -0.4 is 0 Å². The lowest BCUT2D eigenvalue weighted by Gasteiger charge is -2.57. The van der Waals surface area contributed by atoms with Gasteiger partial charge < -0.3 is 29.0 Å². The molecule has 0 aliphatic heterocycles. The molecular weight excluding hydrogens is 1250 g/mol. The number of Topliss-reactive ketones (excluding diaryl/α,β-unsaturated/α-hetero) is 3. The summed E-state index contributed by atoms with van der Waals surface area (Å²) in [6.07, 6.45) is 43.5. The Bertz CT molecular complexity index is 3250. The number of hydrogen-bond donors (Lipinski definition) is 3. The van der Waals surface area contributed by atoms with Gasteiger partial charge in [-0.3, -0.25) is 14.4 Å². The summed E-state index contributed by atoms with van der Waals surface area (Å²) >= 11 is 5.62. The second-order valence-corrected chi connectivity index (χ2v) is 34.1. The number of rotatable bonds is 10. The molecule has 13 fully saturated rings. The molecule has 0 bridgehead atoms. The Balaban J connectivity index is 0.000000143. The maximum Gasteiger partial charge on any atom is 0.266 e. The van der Waals surface area contributed by atoms with E-state index in [0.29, 0.717) is 96.2 Å². The zero-order valence-electron chi connectivity index (χ0n) is 61.3. The predicted molar refractivity (Wildman–Crippen MR) is 383 cm³/mol. The van der Waals surface area contributed by atoms with Crippen LogP contribution in [0.25, 0.3) is 0 Å². The predicted octanol–water partition coefficient (Wildman–Crippen LogP) is 17.3. The molecule has 24 atom stereocenters. The minimum Gasteiger partial charge on any atom is -0.384 e. The first-order chi connectivity index (χ1) is 47.2. The van der Waals surface area contributed by atoms with Crippen LogP contribution in [0.3, 0.4) is 0 Å². The van der Waals surface area contributed by atoms with Crippen LogP contribution >= 0.6 is 11.6 Å². The van der Waals surface area contributed by atoms with Gasteiger partial charge in [-0.1, -0.05) is 80.1 Å². The number of aliphatic hydroxyl groups is 3. The van der Waals surface area contributed by atoms with E-state index >= 15 is 0 Å². The molecule has 3 aromatic heterocycles. The fourth-order valence-electron chi connectivity index (χ4n) is 25.2. The highest BCUT2D eigenvalue weighted by atomic mass is 35.5. The Hall–Kier alpha value is -4.21. The van der Waals surface area contributed by atoms with Crippen molar-refractivity contribution in [2.24, 2.45) is 129 Å². The van der Waals surface area contributed by atoms with E-state index in [9.17, 15) is 38.5 Å². The van der Waals surface area contributed by atoms with Gasteiger partial charge in [0.2, 0.25) is 0 Å². The smallest absolute Gasteiger partial charge is 0.266 e. The maximum atomic E-state index is 13.4. The summed E-state index contributed by atoms with van der Waals surface area (Å²) in [7, 11) is 0. The number of carbonyl (C=O) groups excluding carboxylic acids is 3. The highest BCUT2D eigenvalue weighted by Crippen LogP contribution is 2.68. The summed E-state index contributed by atoms with van der Waals surface area (Å²) in [6, 6.07) is 0. The topological polar surface area (TPSA) is 165 Å². The standard InChI is InChI=1S/C28H38N2O2.C25H33ClN2O2.C24H34F2N2O2.3C2H6/c1-27-11-9-22-21-10-13-28(32,12-8-19-2-3-19)16-20(21)4-5-23(22)24(27)6-7-25(27)26(31)17-30-15-14-29-18-30;1-24-8-6-19-18-7-9-25(30,10-11-26)14-17(18)2-3-20(19)21(24)4-5-22(24)23(29)15-28-13-12-27-16-28;1-23-8-6-17-16-7-9-24(30,22(25)26)12-15(16)2-3-18(17)19(23)4-5-20(23)21(29)13-28-11-10-27-14-28;3*1-2/h14-15,18-25,32H,2-7,9-11,13,16-17H2,1H3;12-13,16-22,30H,2-9,14-15H2,1H3;10-11,14-20,22,30H,2-9,12-13H2,1H3;3*1-2H3/t20-,21+,22?,23?,24?,25-,27+,28-;17-,18+,19?,20?,21?,22-,24+,25+;15-,16+,17?,18?,19?,20-,23+,24-;;;/m111.../s1. The van der Waals surface area contributed by atoms with Crippen molar-refractivity contribution < 1.29 is 38.5 Å². The van der Waals surface area contributed by atoms with Crippen molar-refractivity contribution in [1.29, 1.82) is 0 Å². The fraction of sp³-hybridized carbons (Fsp3) is 0.807. The number of fused-ring (bicyclic) bond motifs is 15. The second-order valence-electron chi connectivity index (χ2n) is 33.9. The number of hydrogen-bond acceptors (Lipinski definition) is 9. The Labute approximate surface area is 592 Å². The number of nitrogens with zero attached hydrogens (tertiary/aromatic N) is 6. The first-order valence-electron chi connectivity index (χ1n) is 39.8. The Morgan fingerprint density at radius 3 is 1.10 bits per heavy atom. The fourth-order valence-corrected chi connectivity index (χ4v) is 25.4. The summed E-state index contributed by atoms with van der Waals surface area (Å²) in [4.78, 5) is 51.9. The molecule has 13 aliphatic carbocycles. The van der Waals surface area contributed by atoms with Gasteiger partial charge in [0.1, 0.15) is 16.8 Å². The zero-order chi connectivity index (χ0) is 70.0. The Kier molecular flexibility index (Phi) is 24.0. The zero-order valence-corrected chi connectivity index (χ0v) is 62.0. The van der Waals surface area contributed by atoms with E-state index in [2.05, 4.69) is 58.9 Å². The molecule has 13 aliphatic rings. The Morgan fingerprint density at radius 2 is 0.776 bits per heavy atom. The quantitative estimate of drug-likeness (QED) is 0.168. The van der Waals surface area contributed by atoms with Crippen molar-refractivity contribution in [1.82, 2.24) is 28.7 Å². The van der Waals surface area contributed by atoms with Gasteiger partial charge in [0.25, 0.3) is 6.43 Å². The summed E-state index contributed by atoms with van der Waals surface area (Å²) < 4.78 is 32.5. The minimum absolute atomic E-state index is 0.0735. The van der Waals surface area contributed by atoms with Crippen LogP contribution in [-0.4, -0.2) is 84.6 Å². The molecule has 3 N–H and O–H groups in total. The van der Waals surface area contributed by atoms with Gasteiger partial charge >= 0.3 is 0 Å². The van der Waals surface area contributed by atoms with E-state index in [1.807, 2.05) is 73.8 Å². The lowest BCUT2D eigenvalue weighted by molar-refractivity contribution is -0.160. The van der Waals surface area contributed by atoms with Crippen LogP contribution in [0, 0.1) is 152 Å². The van der Waals surface area contributed by atoms with Crippen LogP contribution in [-0.2, 0) is 34.0 Å². The van der Waals surface area contributed by atoms with E-state index in [1.165, 1.54) is 77.0 Å². The van der Waals surface area contributed by atoms with Gasteiger partial charge in [0, 0.05) is 66.2 Å². The largest absolute Gasteiger partial charge is 0.384 e. The van der Waals surface area contributed by atoms with Crippen molar-refractivity contribution in [2.45, 2.75) is 291 Å². The number of aromatic nitrogens is 6. The number of ketones is 3. The van der Waals surface area contributed by atoms with Crippen LogP contribution in [0.2, 0.25) is 0 Å². The molecular formula is C83H123ClF2N6O6. The van der Waals surface area contributed by atoms with Gasteiger partial charge in [-0.25, -0.2) is 23.7 Å². The lowest BCUT2D eigenvalue weighted by Crippen LogP contribution is -2.53. The average Bonchev–Trinajstić information content (AvgIpc) is 1.51. The van der Waals surface area contributed by atoms with Crippen molar-refractivity contribution in [3.63, 3.8) is 0 Å². The molecule has 98 heavy (non-hydrogen) atoms. The van der Waals surface area contributed by atoms with Crippen LogP contribution in [0.5, 0.6) is 0 Å². The average molecular weight is 1370 g/mol. The summed E-state index contributed by atoms with van der Waals surface area (Å²) in [5, 5.41) is 34.8. The van der Waals surface area contributed by atoms with Gasteiger partial charge in [0.05, 0.1) is 38.6 Å². The third-order valence-corrected chi connectivity index (χ3v) is 29.8. The van der Waals surface area contributed by atoms with Crippen LogP contribution in [0.1, 0.15) is 249 Å². The van der Waals surface area contributed by atoms with Crippen LogP contribution in [0.4, 0.5) is 8.78 Å². The molecule has 542 valence electrons. The number of alkyl halides is 2. The first-order valence-corrected chi connectivity index (χ1v) is 40.1. The van der Waals surface area contributed by atoms with Gasteiger partial charge in [-0.2, -0.15) is 0 Å². The van der Waals surface area contributed by atoms with E-state index < -0.39 is 23.2 Å². The first kappa shape index (κ1) is 75.0. The molecule has 15 heteroatoms. The third kappa shape index (κ3) is 15.0. The molecule has 0 spiro atoms. The van der Waals surface area contributed by atoms with Crippen molar-refractivity contribution in [3.8, 4) is 23.1 Å². The molecule has 0 radical (unpaired) electrons. The molecule has 9 unspecified atom stereocenters. The molecule has 0 saturated heterocycles. The van der Waals surface area contributed by atoms with Gasteiger partial charge in [-0.15, -0.1) is 0 Å². The normalized spacial score (nSPS) is 42.7. The number of carbonyl (C=O) groups is 3. The van der Waals surface area contributed by atoms with Gasteiger partial charge in [-0.05, 0) is 303 Å². The highest BCUT2D eigenvalue weighted by molar-refractivity contribution is 6.30. The molecule has 16 rings (SSSR count). The highest BCUT2D eigenvalue weighted by Gasteiger charge is 2.63. The molecule has 0 aromatic carbocycles. The second kappa shape index (κ2) is 31.4. The minimum atomic E-state index is -2.64. The van der Waals surface area contributed by atoms with Crippen molar-refractivity contribution >= 4 is 29.0 Å². The number of halogens is 3. The van der Waals surface area contributed by atoms with E-state index in [-0.39, 0.29) is 52.8 Å². The Morgan fingerprint density at radius 1 is 0.439 bits per heavy atom. The lowest BCUT2D eigenvalue weighted by atomic mass is 9.49. The molecule has 3 aromatic rings.